The van der Waals surface area contributed by atoms with E-state index in [0.29, 0.717) is 27.7 Å². The van der Waals surface area contributed by atoms with E-state index in [1.165, 1.54) is 11.8 Å². The Balaban J connectivity index is 1.96. The molecule has 0 bridgehead atoms. The molecule has 1 heterocycles. The van der Waals surface area contributed by atoms with Gasteiger partial charge in [0.15, 0.2) is 0 Å². The third kappa shape index (κ3) is 6.41. The lowest BCUT2D eigenvalue weighted by Crippen LogP contribution is -2.34. The Morgan fingerprint density at radius 1 is 1.03 bits per heavy atom. The number of esters is 2. The van der Waals surface area contributed by atoms with Gasteiger partial charge in [0, 0.05) is 22.0 Å². The van der Waals surface area contributed by atoms with Gasteiger partial charge in [-0.3, -0.25) is 0 Å². The average molecular weight is 536 g/mol. The molecule has 0 unspecified atom stereocenters. The molecule has 1 aliphatic rings. The van der Waals surface area contributed by atoms with E-state index in [1.807, 2.05) is 30.3 Å². The van der Waals surface area contributed by atoms with Crippen molar-refractivity contribution in [2.75, 3.05) is 19.0 Å². The molecule has 186 valence electrons. The Labute approximate surface area is 219 Å². The molecule has 3 rings (SSSR count). The minimum atomic E-state index is -0.866. The maximum absolute atomic E-state index is 13.5. The third-order valence-electron chi connectivity index (χ3n) is 5.42. The van der Waals surface area contributed by atoms with Crippen LogP contribution in [0.15, 0.2) is 76.0 Å². The fraction of sp³-hybridized carbons (Fsp3) is 0.308. The largest absolute Gasteiger partial charge is 0.463 e. The molecular weight excluding hydrogens is 509 g/mol. The van der Waals surface area contributed by atoms with Crippen LogP contribution in [0.25, 0.3) is 0 Å². The van der Waals surface area contributed by atoms with Crippen LogP contribution < -0.4 is 5.32 Å². The van der Waals surface area contributed by atoms with Crippen molar-refractivity contribution < 1.29 is 24.2 Å². The highest BCUT2D eigenvalue weighted by molar-refractivity contribution is 7.99. The number of aliphatic hydroxyl groups is 1. The first kappa shape index (κ1) is 27.1. The minimum Gasteiger partial charge on any atom is -0.463 e. The van der Waals surface area contributed by atoms with Crippen molar-refractivity contribution in [3.05, 3.63) is 86.7 Å². The second-order valence-corrected chi connectivity index (χ2v) is 9.71. The Hall–Kier alpha value is -2.45. The van der Waals surface area contributed by atoms with E-state index in [0.717, 1.165) is 4.90 Å². The summed E-state index contributed by atoms with van der Waals surface area (Å²) in [6.45, 7) is 4.97. The first-order chi connectivity index (χ1) is 16.8. The SMILES string of the molecule is CCOC(=O)C1=C(C)NC(C)=C(C(=O)O[C@H](CO)CSc2ccccc2)[C@@H]1c1cccc(Cl)c1Cl. The molecule has 6 nitrogen and oxygen atoms in total. The molecule has 2 atom stereocenters. The van der Waals surface area contributed by atoms with Crippen LogP contribution in [0, 0.1) is 0 Å². The number of nitrogens with one attached hydrogen (secondary N) is 1. The van der Waals surface area contributed by atoms with Crippen molar-refractivity contribution in [2.24, 2.45) is 0 Å². The van der Waals surface area contributed by atoms with Crippen LogP contribution in [0.3, 0.4) is 0 Å². The zero-order valence-electron chi connectivity index (χ0n) is 19.6. The maximum Gasteiger partial charge on any atom is 0.337 e. The number of carbonyl (C=O) groups excluding carboxylic acids is 2. The van der Waals surface area contributed by atoms with E-state index in [9.17, 15) is 14.7 Å². The van der Waals surface area contributed by atoms with Crippen LogP contribution in [0.2, 0.25) is 10.0 Å². The van der Waals surface area contributed by atoms with Crippen LogP contribution in [-0.4, -0.2) is 42.1 Å². The highest BCUT2D eigenvalue weighted by atomic mass is 35.5. The Kier molecular flexibility index (Phi) is 9.69. The van der Waals surface area contributed by atoms with Gasteiger partial charge in [-0.15, -0.1) is 11.8 Å². The second-order valence-electron chi connectivity index (χ2n) is 7.83. The molecule has 0 fully saturated rings. The minimum absolute atomic E-state index is 0.164. The van der Waals surface area contributed by atoms with Gasteiger partial charge in [0.1, 0.15) is 6.10 Å². The van der Waals surface area contributed by atoms with E-state index in [-0.39, 0.29) is 29.4 Å². The highest BCUT2D eigenvalue weighted by Gasteiger charge is 2.39. The molecule has 0 radical (unpaired) electrons. The van der Waals surface area contributed by atoms with Crippen molar-refractivity contribution >= 4 is 46.9 Å². The summed E-state index contributed by atoms with van der Waals surface area (Å²) in [7, 11) is 0. The Morgan fingerprint density at radius 2 is 1.69 bits per heavy atom. The number of carbonyl (C=O) groups is 2. The van der Waals surface area contributed by atoms with E-state index < -0.39 is 24.0 Å². The number of thioether (sulfide) groups is 1. The van der Waals surface area contributed by atoms with E-state index in [2.05, 4.69) is 5.32 Å². The molecule has 1 aliphatic heterocycles. The topological polar surface area (TPSA) is 84.9 Å². The van der Waals surface area contributed by atoms with E-state index in [4.69, 9.17) is 32.7 Å². The predicted molar refractivity (Wildman–Crippen MR) is 139 cm³/mol. The third-order valence-corrected chi connectivity index (χ3v) is 7.40. The lowest BCUT2D eigenvalue weighted by Gasteiger charge is -2.31. The smallest absolute Gasteiger partial charge is 0.337 e. The number of aliphatic hydroxyl groups excluding tert-OH is 1. The summed E-state index contributed by atoms with van der Waals surface area (Å²) in [4.78, 5) is 27.5. The quantitative estimate of drug-likeness (QED) is 0.324. The molecule has 0 saturated carbocycles. The highest BCUT2D eigenvalue weighted by Crippen LogP contribution is 2.43. The molecule has 2 aromatic carbocycles. The number of halogens is 2. The van der Waals surface area contributed by atoms with Crippen molar-refractivity contribution in [1.82, 2.24) is 5.32 Å². The number of allylic oxidation sites excluding steroid dienone is 2. The first-order valence-electron chi connectivity index (χ1n) is 11.1. The summed E-state index contributed by atoms with van der Waals surface area (Å²) < 4.78 is 11.0. The van der Waals surface area contributed by atoms with Crippen LogP contribution >= 0.6 is 35.0 Å². The molecule has 9 heteroatoms. The standard InChI is InChI=1S/C26H27Cl2NO5S/c1-4-33-25(31)21-15(2)29-16(3)22(23(21)19-11-8-12-20(27)24(19)28)26(32)34-17(13-30)14-35-18-9-6-5-7-10-18/h5-12,17,23,29-30H,4,13-14H2,1-3H3/t17-,23-/m1/s1. The Morgan fingerprint density at radius 3 is 2.31 bits per heavy atom. The number of rotatable bonds is 9. The fourth-order valence-corrected chi connectivity index (χ4v) is 5.16. The summed E-state index contributed by atoms with van der Waals surface area (Å²) in [6, 6.07) is 14.7. The van der Waals surface area contributed by atoms with Gasteiger partial charge in [-0.1, -0.05) is 53.5 Å². The molecular formula is C26H27Cl2NO5S. The maximum atomic E-state index is 13.5. The summed E-state index contributed by atoms with van der Waals surface area (Å²) >= 11 is 14.3. The van der Waals surface area contributed by atoms with Crippen LogP contribution in [0.1, 0.15) is 32.3 Å². The van der Waals surface area contributed by atoms with Crippen molar-refractivity contribution in [3.63, 3.8) is 0 Å². The van der Waals surface area contributed by atoms with Crippen LogP contribution in [0.4, 0.5) is 0 Å². The van der Waals surface area contributed by atoms with E-state index >= 15 is 0 Å². The molecule has 0 aromatic heterocycles. The molecule has 0 spiro atoms. The monoisotopic (exact) mass is 535 g/mol. The number of hydrogen-bond donors (Lipinski definition) is 2. The van der Waals surface area contributed by atoms with Gasteiger partial charge < -0.3 is 19.9 Å². The average Bonchev–Trinajstić information content (AvgIpc) is 2.83. The van der Waals surface area contributed by atoms with Crippen molar-refractivity contribution in [2.45, 2.75) is 37.7 Å². The normalized spacial score (nSPS) is 16.6. The van der Waals surface area contributed by atoms with Crippen molar-refractivity contribution in [3.8, 4) is 0 Å². The molecule has 0 amide bonds. The van der Waals surface area contributed by atoms with Gasteiger partial charge in [-0.25, -0.2) is 9.59 Å². The van der Waals surface area contributed by atoms with Gasteiger partial charge in [-0.05, 0) is 44.5 Å². The van der Waals surface area contributed by atoms with Gasteiger partial charge >= 0.3 is 11.9 Å². The second kappa shape index (κ2) is 12.5. The van der Waals surface area contributed by atoms with Gasteiger partial charge in [0.25, 0.3) is 0 Å². The summed E-state index contributed by atoms with van der Waals surface area (Å²) in [5.74, 6) is -1.75. The number of dihydropyridines is 1. The summed E-state index contributed by atoms with van der Waals surface area (Å²) in [5.41, 5.74) is 1.97. The predicted octanol–water partition coefficient (Wildman–Crippen LogP) is 5.49. The van der Waals surface area contributed by atoms with Gasteiger partial charge in [-0.2, -0.15) is 0 Å². The fourth-order valence-electron chi connectivity index (χ4n) is 3.84. The summed E-state index contributed by atoms with van der Waals surface area (Å²) in [6.07, 6.45) is -0.762. The van der Waals surface area contributed by atoms with E-state index in [1.54, 1.807) is 39.0 Å². The van der Waals surface area contributed by atoms with Crippen LogP contribution in [0.5, 0.6) is 0 Å². The van der Waals surface area contributed by atoms with Gasteiger partial charge in [0.2, 0.25) is 0 Å². The van der Waals surface area contributed by atoms with Gasteiger partial charge in [0.05, 0.1) is 40.3 Å². The molecule has 2 N–H and O–H groups in total. The lowest BCUT2D eigenvalue weighted by atomic mass is 9.80. The molecule has 0 saturated heterocycles. The summed E-state index contributed by atoms with van der Waals surface area (Å²) in [5, 5.41) is 13.5. The molecule has 0 aliphatic carbocycles. The zero-order chi connectivity index (χ0) is 25.5. The van der Waals surface area contributed by atoms with Crippen molar-refractivity contribution in [1.29, 1.82) is 0 Å². The molecule has 2 aromatic rings. The van der Waals surface area contributed by atoms with Crippen LogP contribution in [-0.2, 0) is 19.1 Å². The first-order valence-corrected chi connectivity index (χ1v) is 12.8. The zero-order valence-corrected chi connectivity index (χ0v) is 22.0. The lowest BCUT2D eigenvalue weighted by molar-refractivity contribution is -0.145. The number of benzene rings is 2. The Bertz CT molecular complexity index is 1150. The number of ether oxygens (including phenoxy) is 2. The molecule has 35 heavy (non-hydrogen) atoms. The number of hydrogen-bond acceptors (Lipinski definition) is 7.